The molecule has 3 rings (SSSR count). The minimum absolute atomic E-state index is 0.0999. The Balaban J connectivity index is 1.87. The lowest BCUT2D eigenvalue weighted by Crippen LogP contribution is -2.72. The van der Waals surface area contributed by atoms with E-state index in [4.69, 9.17) is 14.2 Å². The molecule has 2 fully saturated rings. The molecule has 2 aliphatic heterocycles. The molecule has 2 aliphatic rings. The molecule has 2 saturated heterocycles. The molecule has 1 amide bonds. The summed E-state index contributed by atoms with van der Waals surface area (Å²) in [5.74, 6) is -2.20. The Hall–Kier alpha value is -3.18. The maximum Gasteiger partial charge on any atom is 0.508 e. The zero-order chi connectivity index (χ0) is 28.6. The number of nitrogens with zero attached hydrogens (tertiary/aromatic N) is 2. The van der Waals surface area contributed by atoms with Gasteiger partial charge in [0.25, 0.3) is 5.91 Å². The molecular weight excluding hydrogens is 506 g/mol. The average molecular weight is 548 g/mol. The molecule has 0 aliphatic carbocycles. The number of amides is 1. The van der Waals surface area contributed by atoms with E-state index in [-0.39, 0.29) is 13.0 Å². The van der Waals surface area contributed by atoms with Gasteiger partial charge in [-0.05, 0) is 71.8 Å². The van der Waals surface area contributed by atoms with E-state index in [1.807, 2.05) is 30.3 Å². The van der Waals surface area contributed by atoms with Gasteiger partial charge in [0.2, 0.25) is 0 Å². The van der Waals surface area contributed by atoms with E-state index in [0.717, 1.165) is 5.56 Å². The number of carboxylic acids is 1. The number of benzene rings is 1. The second-order valence-electron chi connectivity index (χ2n) is 10.3. The summed E-state index contributed by atoms with van der Waals surface area (Å²) in [7, 11) is 0. The Morgan fingerprint density at radius 2 is 1.79 bits per heavy atom. The normalized spacial score (nSPS) is 23.4. The van der Waals surface area contributed by atoms with Crippen molar-refractivity contribution in [3.05, 3.63) is 35.9 Å². The van der Waals surface area contributed by atoms with Crippen LogP contribution in [0.5, 0.6) is 0 Å². The van der Waals surface area contributed by atoms with Crippen molar-refractivity contribution in [3.8, 4) is 0 Å². The fraction of sp³-hybridized carbons (Fsp3) is 0.643. The SMILES string of the molecule is CCOC(=O)[C@H](CCc1ccccc1)N[C@H]1CCCN2CCC[C@@](C(=O)O)(C(C)OC(=O)OC(C)C)N2C1=O. The number of hydrazine groups is 1. The lowest BCUT2D eigenvalue weighted by molar-refractivity contribution is -0.208. The number of fused-ring (bicyclic) bond motifs is 1. The van der Waals surface area contributed by atoms with E-state index in [0.29, 0.717) is 45.2 Å². The third kappa shape index (κ3) is 7.27. The number of rotatable bonds is 11. The Morgan fingerprint density at radius 1 is 1.10 bits per heavy atom. The Kier molecular flexibility index (Phi) is 10.7. The maximum atomic E-state index is 14.1. The number of nitrogens with one attached hydrogen (secondary N) is 1. The van der Waals surface area contributed by atoms with Crippen molar-refractivity contribution in [2.75, 3.05) is 19.7 Å². The number of aliphatic carboxylic acids is 1. The zero-order valence-electron chi connectivity index (χ0n) is 23.3. The van der Waals surface area contributed by atoms with Gasteiger partial charge >= 0.3 is 18.1 Å². The average Bonchev–Trinajstić information content (AvgIpc) is 3.04. The Morgan fingerprint density at radius 3 is 2.44 bits per heavy atom. The first-order valence-electron chi connectivity index (χ1n) is 13.8. The van der Waals surface area contributed by atoms with Gasteiger partial charge in [-0.3, -0.25) is 19.9 Å². The van der Waals surface area contributed by atoms with Crippen molar-refractivity contribution in [3.63, 3.8) is 0 Å². The van der Waals surface area contributed by atoms with Gasteiger partial charge in [-0.25, -0.2) is 14.6 Å². The number of esters is 1. The van der Waals surface area contributed by atoms with E-state index in [1.165, 1.54) is 11.9 Å². The fourth-order valence-corrected chi connectivity index (χ4v) is 5.36. The molecule has 2 N–H and O–H groups in total. The molecule has 39 heavy (non-hydrogen) atoms. The summed E-state index contributed by atoms with van der Waals surface area (Å²) in [5, 5.41) is 16.7. The molecule has 4 atom stereocenters. The van der Waals surface area contributed by atoms with Crippen LogP contribution in [-0.4, -0.2) is 88.7 Å². The minimum atomic E-state index is -1.82. The fourth-order valence-electron chi connectivity index (χ4n) is 5.36. The third-order valence-corrected chi connectivity index (χ3v) is 7.24. The predicted octanol–water partition coefficient (Wildman–Crippen LogP) is 2.92. The van der Waals surface area contributed by atoms with E-state index in [9.17, 15) is 24.3 Å². The van der Waals surface area contributed by atoms with Crippen LogP contribution in [-0.2, 0) is 35.0 Å². The molecular formula is C28H41N3O8. The van der Waals surface area contributed by atoms with Gasteiger partial charge in [-0.15, -0.1) is 0 Å². The molecule has 1 aromatic carbocycles. The van der Waals surface area contributed by atoms with Crippen LogP contribution in [0.25, 0.3) is 0 Å². The summed E-state index contributed by atoms with van der Waals surface area (Å²) < 4.78 is 15.8. The van der Waals surface area contributed by atoms with Gasteiger partial charge in [-0.2, -0.15) is 0 Å². The quantitative estimate of drug-likeness (QED) is 0.398. The van der Waals surface area contributed by atoms with E-state index < -0.39 is 53.8 Å². The van der Waals surface area contributed by atoms with Crippen molar-refractivity contribution < 1.29 is 38.5 Å². The number of ether oxygens (including phenoxy) is 3. The second-order valence-corrected chi connectivity index (χ2v) is 10.3. The number of carbonyl (C=O) groups excluding carboxylic acids is 3. The molecule has 11 heteroatoms. The predicted molar refractivity (Wildman–Crippen MR) is 142 cm³/mol. The minimum Gasteiger partial charge on any atom is -0.479 e. The number of hydrogen-bond donors (Lipinski definition) is 2. The third-order valence-electron chi connectivity index (χ3n) is 7.24. The van der Waals surface area contributed by atoms with Crippen LogP contribution in [0.15, 0.2) is 30.3 Å². The van der Waals surface area contributed by atoms with Crippen LogP contribution in [0.1, 0.15) is 65.4 Å². The van der Waals surface area contributed by atoms with Crippen molar-refractivity contribution in [1.29, 1.82) is 0 Å². The summed E-state index contributed by atoms with van der Waals surface area (Å²) in [4.78, 5) is 52.1. The number of aryl methyl sites for hydroxylation is 1. The molecule has 0 bridgehead atoms. The van der Waals surface area contributed by atoms with E-state index in [2.05, 4.69) is 5.32 Å². The summed E-state index contributed by atoms with van der Waals surface area (Å²) in [6.07, 6.45) is -0.0101. The van der Waals surface area contributed by atoms with Crippen LogP contribution < -0.4 is 5.32 Å². The first kappa shape index (κ1) is 30.4. The molecule has 0 spiro atoms. The van der Waals surface area contributed by atoms with Gasteiger partial charge in [-0.1, -0.05) is 30.3 Å². The van der Waals surface area contributed by atoms with Gasteiger partial charge < -0.3 is 19.3 Å². The van der Waals surface area contributed by atoms with Crippen molar-refractivity contribution >= 4 is 24.0 Å². The van der Waals surface area contributed by atoms with Crippen molar-refractivity contribution in [2.45, 2.75) is 96.1 Å². The topological polar surface area (TPSA) is 135 Å². The molecule has 216 valence electrons. The molecule has 0 saturated carbocycles. The molecule has 2 heterocycles. The van der Waals surface area contributed by atoms with Gasteiger partial charge in [0.05, 0.1) is 18.8 Å². The van der Waals surface area contributed by atoms with Crippen molar-refractivity contribution in [1.82, 2.24) is 15.3 Å². The van der Waals surface area contributed by atoms with Crippen molar-refractivity contribution in [2.24, 2.45) is 0 Å². The maximum absolute atomic E-state index is 14.1. The molecule has 1 unspecified atom stereocenters. The molecule has 1 aromatic rings. The largest absolute Gasteiger partial charge is 0.508 e. The van der Waals surface area contributed by atoms with Gasteiger partial charge in [0, 0.05) is 13.1 Å². The zero-order valence-corrected chi connectivity index (χ0v) is 23.3. The highest BCUT2D eigenvalue weighted by molar-refractivity contribution is 5.91. The first-order chi connectivity index (χ1) is 18.6. The van der Waals surface area contributed by atoms with E-state index >= 15 is 0 Å². The number of carbonyl (C=O) groups is 4. The van der Waals surface area contributed by atoms with Crippen LogP contribution in [0.3, 0.4) is 0 Å². The molecule has 0 radical (unpaired) electrons. The smallest absolute Gasteiger partial charge is 0.479 e. The highest BCUT2D eigenvalue weighted by Crippen LogP contribution is 2.37. The Bertz CT molecular complexity index is 1000. The Labute approximate surface area is 229 Å². The van der Waals surface area contributed by atoms with E-state index in [1.54, 1.807) is 25.8 Å². The summed E-state index contributed by atoms with van der Waals surface area (Å²) >= 11 is 0. The first-order valence-corrected chi connectivity index (χ1v) is 13.8. The number of carboxylic acid groups (broad SMARTS) is 1. The lowest BCUT2D eigenvalue weighted by atomic mass is 9.84. The standard InChI is InChI=1S/C28H41N3O8/c1-5-37-25(33)23(15-14-21-11-7-6-8-12-21)29-22-13-9-17-30-18-10-16-28(26(34)35,31(30)24(22)32)20(4)39-27(36)38-19(2)3/h6-8,11-12,19-20,22-23,29H,5,9-10,13-18H2,1-4H3,(H,34,35)/t20?,22-,23-,28-/m0/s1. The molecule has 11 nitrogen and oxygen atoms in total. The molecule has 0 aromatic heterocycles. The van der Waals surface area contributed by atoms with Gasteiger partial charge in [0.1, 0.15) is 12.1 Å². The van der Waals surface area contributed by atoms with Gasteiger partial charge in [0.15, 0.2) is 5.54 Å². The highest BCUT2D eigenvalue weighted by Gasteiger charge is 2.58. The van der Waals surface area contributed by atoms with Crippen LogP contribution in [0, 0.1) is 0 Å². The van der Waals surface area contributed by atoms with Crippen LogP contribution in [0.4, 0.5) is 4.79 Å². The summed E-state index contributed by atoms with van der Waals surface area (Å²) in [5.41, 5.74) is -0.772. The summed E-state index contributed by atoms with van der Waals surface area (Å²) in [6, 6.07) is 8.12. The van der Waals surface area contributed by atoms with Crippen LogP contribution in [0.2, 0.25) is 0 Å². The second kappa shape index (κ2) is 13.7. The summed E-state index contributed by atoms with van der Waals surface area (Å²) in [6.45, 7) is 7.66. The highest BCUT2D eigenvalue weighted by atomic mass is 16.7. The lowest BCUT2D eigenvalue weighted by Gasteiger charge is -2.51. The monoisotopic (exact) mass is 547 g/mol. The van der Waals surface area contributed by atoms with Crippen LogP contribution >= 0.6 is 0 Å². The number of hydrogen-bond acceptors (Lipinski definition) is 9.